The van der Waals surface area contributed by atoms with Crippen LogP contribution in [0.4, 0.5) is 0 Å². The predicted molar refractivity (Wildman–Crippen MR) is 71.8 cm³/mol. The highest BCUT2D eigenvalue weighted by Crippen LogP contribution is 2.38. The van der Waals surface area contributed by atoms with Crippen molar-refractivity contribution in [2.24, 2.45) is 10.9 Å². The van der Waals surface area contributed by atoms with Gasteiger partial charge < -0.3 is 30.5 Å². The maximum atomic E-state index is 11.9. The van der Waals surface area contributed by atoms with E-state index < -0.39 is 5.91 Å². The van der Waals surface area contributed by atoms with E-state index in [9.17, 15) is 4.79 Å². The summed E-state index contributed by atoms with van der Waals surface area (Å²) >= 11 is 0. The molecule has 0 radical (unpaired) electrons. The maximum Gasteiger partial charge on any atom is 0.251 e. The molecule has 0 unspecified atom stereocenters. The minimum absolute atomic E-state index is 0.0774. The number of hydrogen-bond donors (Lipinski definition) is 3. The van der Waals surface area contributed by atoms with Gasteiger partial charge in [0.25, 0.3) is 5.91 Å². The fourth-order valence-corrected chi connectivity index (χ4v) is 1.52. The summed E-state index contributed by atoms with van der Waals surface area (Å²) < 4.78 is 15.4. The van der Waals surface area contributed by atoms with Crippen LogP contribution in [0, 0.1) is 0 Å². The monoisotopic (exact) mass is 283 g/mol. The minimum atomic E-state index is -0.421. The zero-order valence-electron chi connectivity index (χ0n) is 11.5. The summed E-state index contributed by atoms with van der Waals surface area (Å²) in [5.41, 5.74) is 5.57. The van der Waals surface area contributed by atoms with Gasteiger partial charge in [-0.2, -0.15) is 0 Å². The Bertz CT molecular complexity index is 491. The molecule has 110 valence electrons. The first kappa shape index (κ1) is 15.4. The van der Waals surface area contributed by atoms with Crippen molar-refractivity contribution < 1.29 is 24.2 Å². The second-order valence-electron chi connectivity index (χ2n) is 3.69. The van der Waals surface area contributed by atoms with Gasteiger partial charge in [0, 0.05) is 5.56 Å². The van der Waals surface area contributed by atoms with Gasteiger partial charge in [0.15, 0.2) is 17.3 Å². The molecule has 4 N–H and O–H groups in total. The Morgan fingerprint density at radius 2 is 1.80 bits per heavy atom. The van der Waals surface area contributed by atoms with Crippen LogP contribution in [-0.2, 0) is 0 Å². The van der Waals surface area contributed by atoms with E-state index in [1.807, 2.05) is 0 Å². The molecule has 0 aliphatic carbocycles. The molecule has 1 aromatic rings. The number of ether oxygens (including phenoxy) is 3. The van der Waals surface area contributed by atoms with E-state index in [2.05, 4.69) is 10.5 Å². The fraction of sp³-hybridized carbons (Fsp3) is 0.333. The Labute approximate surface area is 116 Å². The van der Waals surface area contributed by atoms with Gasteiger partial charge >= 0.3 is 0 Å². The summed E-state index contributed by atoms with van der Waals surface area (Å²) in [6, 6.07) is 3.01. The molecule has 0 atom stereocenters. The van der Waals surface area contributed by atoms with E-state index in [1.165, 1.54) is 33.5 Å². The van der Waals surface area contributed by atoms with Crippen LogP contribution in [0.25, 0.3) is 0 Å². The van der Waals surface area contributed by atoms with Crippen LogP contribution in [0.1, 0.15) is 10.4 Å². The quantitative estimate of drug-likeness (QED) is 0.297. The molecule has 0 spiro atoms. The number of amidine groups is 1. The minimum Gasteiger partial charge on any atom is -0.493 e. The highest BCUT2D eigenvalue weighted by atomic mass is 16.5. The number of amides is 1. The Hall–Kier alpha value is -2.64. The third kappa shape index (κ3) is 3.44. The molecule has 0 aliphatic heterocycles. The Balaban J connectivity index is 3.03. The molecule has 1 amide bonds. The van der Waals surface area contributed by atoms with Gasteiger partial charge in [-0.05, 0) is 12.1 Å². The third-order valence-electron chi connectivity index (χ3n) is 2.49. The van der Waals surface area contributed by atoms with Crippen molar-refractivity contribution in [1.29, 1.82) is 0 Å². The van der Waals surface area contributed by atoms with E-state index in [4.69, 9.17) is 25.2 Å². The number of nitrogens with zero attached hydrogens (tertiary/aromatic N) is 1. The molecular formula is C12H17N3O5. The second kappa shape index (κ2) is 7.07. The Morgan fingerprint density at radius 3 is 2.20 bits per heavy atom. The van der Waals surface area contributed by atoms with Gasteiger partial charge in [-0.15, -0.1) is 0 Å². The summed E-state index contributed by atoms with van der Waals surface area (Å²) in [5, 5.41) is 13.6. The predicted octanol–water partition coefficient (Wildman–Crippen LogP) is 0.189. The van der Waals surface area contributed by atoms with E-state index in [0.29, 0.717) is 22.8 Å². The number of rotatable bonds is 6. The second-order valence-corrected chi connectivity index (χ2v) is 3.69. The number of nitrogens with one attached hydrogen (secondary N) is 1. The lowest BCUT2D eigenvalue weighted by atomic mass is 10.1. The molecular weight excluding hydrogens is 266 g/mol. The molecule has 0 fully saturated rings. The molecule has 0 saturated carbocycles. The van der Waals surface area contributed by atoms with Crippen molar-refractivity contribution in [3.63, 3.8) is 0 Å². The topological polar surface area (TPSA) is 115 Å². The van der Waals surface area contributed by atoms with Crippen molar-refractivity contribution in [3.05, 3.63) is 17.7 Å². The lowest BCUT2D eigenvalue weighted by molar-refractivity contribution is 0.0958. The third-order valence-corrected chi connectivity index (χ3v) is 2.49. The smallest absolute Gasteiger partial charge is 0.251 e. The Kier molecular flexibility index (Phi) is 5.45. The van der Waals surface area contributed by atoms with Gasteiger partial charge in [0.05, 0.1) is 27.9 Å². The van der Waals surface area contributed by atoms with Crippen LogP contribution in [0.15, 0.2) is 17.3 Å². The molecule has 0 saturated heterocycles. The van der Waals surface area contributed by atoms with Gasteiger partial charge in [0.2, 0.25) is 5.75 Å². The summed E-state index contributed by atoms with van der Waals surface area (Å²) in [7, 11) is 4.38. The van der Waals surface area contributed by atoms with Crippen LogP contribution in [0.2, 0.25) is 0 Å². The molecule has 1 aromatic carbocycles. The molecule has 0 aromatic heterocycles. The van der Waals surface area contributed by atoms with Crippen molar-refractivity contribution >= 4 is 11.7 Å². The average molecular weight is 283 g/mol. The molecule has 0 heterocycles. The number of hydrogen-bond acceptors (Lipinski definition) is 6. The zero-order valence-corrected chi connectivity index (χ0v) is 11.5. The molecule has 8 nitrogen and oxygen atoms in total. The van der Waals surface area contributed by atoms with Crippen LogP contribution in [0.3, 0.4) is 0 Å². The van der Waals surface area contributed by atoms with Crippen molar-refractivity contribution in [2.45, 2.75) is 0 Å². The highest BCUT2D eigenvalue weighted by Gasteiger charge is 2.16. The van der Waals surface area contributed by atoms with Crippen molar-refractivity contribution in [3.8, 4) is 17.2 Å². The summed E-state index contributed by atoms with van der Waals surface area (Å²) in [6.07, 6.45) is 0. The van der Waals surface area contributed by atoms with Crippen LogP contribution >= 0.6 is 0 Å². The van der Waals surface area contributed by atoms with Crippen LogP contribution < -0.4 is 25.3 Å². The molecule has 20 heavy (non-hydrogen) atoms. The fourth-order valence-electron chi connectivity index (χ4n) is 1.52. The number of carbonyl (C=O) groups excluding carboxylic acids is 1. The van der Waals surface area contributed by atoms with E-state index in [-0.39, 0.29) is 12.4 Å². The largest absolute Gasteiger partial charge is 0.493 e. The lowest BCUT2D eigenvalue weighted by Crippen LogP contribution is -2.33. The molecule has 1 rings (SSSR count). The van der Waals surface area contributed by atoms with Gasteiger partial charge in [-0.3, -0.25) is 4.79 Å². The van der Waals surface area contributed by atoms with Crippen molar-refractivity contribution in [1.82, 2.24) is 5.32 Å². The normalized spacial score (nSPS) is 10.8. The SMILES string of the molecule is COc1cc(C(=O)NC/C(N)=N/O)cc(OC)c1OC. The van der Waals surface area contributed by atoms with Crippen LogP contribution in [0.5, 0.6) is 17.2 Å². The summed E-state index contributed by atoms with van der Waals surface area (Å²) in [5.74, 6) is 0.589. The summed E-state index contributed by atoms with van der Waals surface area (Å²) in [4.78, 5) is 11.9. The maximum absolute atomic E-state index is 11.9. The van der Waals surface area contributed by atoms with Gasteiger partial charge in [-0.25, -0.2) is 0 Å². The van der Waals surface area contributed by atoms with Crippen LogP contribution in [-0.4, -0.2) is 44.8 Å². The standard InChI is InChI=1S/C12H17N3O5/c1-18-8-4-7(5-9(19-2)11(8)20-3)12(16)14-6-10(13)15-17/h4-5,17H,6H2,1-3H3,(H2,13,15)(H,14,16). The van der Waals surface area contributed by atoms with Gasteiger partial charge in [-0.1, -0.05) is 5.16 Å². The zero-order chi connectivity index (χ0) is 15.1. The first-order valence-electron chi connectivity index (χ1n) is 5.62. The lowest BCUT2D eigenvalue weighted by Gasteiger charge is -2.14. The van der Waals surface area contributed by atoms with Gasteiger partial charge in [0.1, 0.15) is 0 Å². The van der Waals surface area contributed by atoms with Crippen molar-refractivity contribution in [2.75, 3.05) is 27.9 Å². The number of nitrogens with two attached hydrogens (primary N) is 1. The number of methoxy groups -OCH3 is 3. The van der Waals surface area contributed by atoms with E-state index >= 15 is 0 Å². The summed E-state index contributed by atoms with van der Waals surface area (Å²) in [6.45, 7) is -0.0774. The molecule has 8 heteroatoms. The van der Waals surface area contributed by atoms with E-state index in [1.54, 1.807) is 0 Å². The Morgan fingerprint density at radius 1 is 1.25 bits per heavy atom. The average Bonchev–Trinajstić information content (AvgIpc) is 2.50. The number of carbonyl (C=O) groups is 1. The number of benzene rings is 1. The van der Waals surface area contributed by atoms with E-state index in [0.717, 1.165) is 0 Å². The number of oxime groups is 1. The first-order valence-corrected chi connectivity index (χ1v) is 5.62. The molecule has 0 aliphatic rings. The molecule has 0 bridgehead atoms. The first-order chi connectivity index (χ1) is 9.57. The highest BCUT2D eigenvalue weighted by molar-refractivity contribution is 5.98.